The topological polar surface area (TPSA) is 34.1 Å². The highest BCUT2D eigenvalue weighted by molar-refractivity contribution is 7.91. The van der Waals surface area contributed by atoms with E-state index in [9.17, 15) is 8.42 Å². The molecule has 0 fully saturated rings. The fourth-order valence-corrected chi connectivity index (χ4v) is 3.05. The Labute approximate surface area is 103 Å². The van der Waals surface area contributed by atoms with E-state index in [0.29, 0.717) is 17.2 Å². The zero-order chi connectivity index (χ0) is 12.2. The number of rotatable bonds is 5. The van der Waals surface area contributed by atoms with Gasteiger partial charge in [-0.05, 0) is 49.9 Å². The molecule has 0 aromatic heterocycles. The van der Waals surface area contributed by atoms with Gasteiger partial charge < -0.3 is 0 Å². The molecule has 0 aliphatic heterocycles. The van der Waals surface area contributed by atoms with E-state index in [1.165, 1.54) is 0 Å². The second kappa shape index (κ2) is 5.69. The van der Waals surface area contributed by atoms with Gasteiger partial charge in [-0.15, -0.1) is 11.6 Å². The van der Waals surface area contributed by atoms with E-state index in [-0.39, 0.29) is 5.75 Å². The van der Waals surface area contributed by atoms with Crippen molar-refractivity contribution in [1.29, 1.82) is 0 Å². The van der Waals surface area contributed by atoms with Gasteiger partial charge in [-0.3, -0.25) is 0 Å². The first kappa shape index (κ1) is 13.5. The summed E-state index contributed by atoms with van der Waals surface area (Å²) in [6.45, 7) is 3.90. The first-order chi connectivity index (χ1) is 7.47. The van der Waals surface area contributed by atoms with E-state index in [0.717, 1.165) is 17.5 Å². The Kier molecular flexibility index (Phi) is 4.81. The third-order valence-electron chi connectivity index (χ3n) is 2.63. The SMILES string of the molecule is Cc1ccc(S(=O)(=O)CCCCCl)cc1C. The molecule has 0 saturated carbocycles. The largest absolute Gasteiger partial charge is 0.224 e. The Morgan fingerprint density at radius 1 is 1.12 bits per heavy atom. The molecule has 0 aliphatic carbocycles. The molecule has 0 saturated heterocycles. The predicted molar refractivity (Wildman–Crippen MR) is 67.9 cm³/mol. The third-order valence-corrected chi connectivity index (χ3v) is 4.70. The molecule has 0 amide bonds. The van der Waals surface area contributed by atoms with Crippen molar-refractivity contribution in [2.75, 3.05) is 11.6 Å². The molecule has 0 spiro atoms. The van der Waals surface area contributed by atoms with Crippen molar-refractivity contribution in [3.05, 3.63) is 29.3 Å². The smallest absolute Gasteiger partial charge is 0.178 e. The standard InChI is InChI=1S/C12H17ClO2S/c1-10-5-6-12(9-11(10)2)16(14,15)8-4-3-7-13/h5-6,9H,3-4,7-8H2,1-2H3. The lowest BCUT2D eigenvalue weighted by molar-refractivity contribution is 0.592. The van der Waals surface area contributed by atoms with Crippen LogP contribution < -0.4 is 0 Å². The lowest BCUT2D eigenvalue weighted by Crippen LogP contribution is -2.07. The van der Waals surface area contributed by atoms with Gasteiger partial charge in [-0.25, -0.2) is 8.42 Å². The molecule has 16 heavy (non-hydrogen) atoms. The van der Waals surface area contributed by atoms with E-state index in [4.69, 9.17) is 11.6 Å². The number of hydrogen-bond donors (Lipinski definition) is 0. The second-order valence-corrected chi connectivity index (χ2v) is 6.45. The minimum atomic E-state index is -3.13. The summed E-state index contributed by atoms with van der Waals surface area (Å²) in [7, 11) is -3.13. The van der Waals surface area contributed by atoms with Crippen LogP contribution in [0.5, 0.6) is 0 Å². The summed E-state index contributed by atoms with van der Waals surface area (Å²) in [5.41, 5.74) is 2.12. The third kappa shape index (κ3) is 3.49. The maximum absolute atomic E-state index is 11.9. The van der Waals surface area contributed by atoms with Gasteiger partial charge in [0.1, 0.15) is 0 Å². The first-order valence-corrected chi connectivity index (χ1v) is 7.52. The summed E-state index contributed by atoms with van der Waals surface area (Å²) >= 11 is 5.53. The molecule has 0 bridgehead atoms. The molecule has 0 heterocycles. The molecular weight excluding hydrogens is 244 g/mol. The van der Waals surface area contributed by atoms with Crippen molar-refractivity contribution in [3.63, 3.8) is 0 Å². The van der Waals surface area contributed by atoms with E-state index in [1.807, 2.05) is 19.9 Å². The van der Waals surface area contributed by atoms with E-state index < -0.39 is 9.84 Å². The van der Waals surface area contributed by atoms with E-state index >= 15 is 0 Å². The zero-order valence-electron chi connectivity index (χ0n) is 9.66. The van der Waals surface area contributed by atoms with Gasteiger partial charge >= 0.3 is 0 Å². The van der Waals surface area contributed by atoms with Gasteiger partial charge in [0.15, 0.2) is 9.84 Å². The second-order valence-electron chi connectivity index (χ2n) is 3.96. The van der Waals surface area contributed by atoms with Crippen molar-refractivity contribution < 1.29 is 8.42 Å². The zero-order valence-corrected chi connectivity index (χ0v) is 11.2. The van der Waals surface area contributed by atoms with Crippen molar-refractivity contribution >= 4 is 21.4 Å². The van der Waals surface area contributed by atoms with Crippen molar-refractivity contribution in [3.8, 4) is 0 Å². The summed E-state index contributed by atoms with van der Waals surface area (Å²) in [5, 5.41) is 0. The van der Waals surface area contributed by atoms with Crippen LogP contribution >= 0.6 is 11.6 Å². The number of hydrogen-bond acceptors (Lipinski definition) is 2. The number of benzene rings is 1. The van der Waals surface area contributed by atoms with Crippen LogP contribution in [0.2, 0.25) is 0 Å². The van der Waals surface area contributed by atoms with Crippen LogP contribution in [0.25, 0.3) is 0 Å². The van der Waals surface area contributed by atoms with Crippen LogP contribution in [0.15, 0.2) is 23.1 Å². The van der Waals surface area contributed by atoms with Crippen LogP contribution in [0, 0.1) is 13.8 Å². The monoisotopic (exact) mass is 260 g/mol. The summed E-state index contributed by atoms with van der Waals surface area (Å²) in [6.07, 6.45) is 1.37. The minimum absolute atomic E-state index is 0.183. The molecular formula is C12H17ClO2S. The maximum atomic E-state index is 11.9. The Balaban J connectivity index is 2.86. The van der Waals surface area contributed by atoms with Crippen LogP contribution in [0.4, 0.5) is 0 Å². The van der Waals surface area contributed by atoms with Gasteiger partial charge in [0.2, 0.25) is 0 Å². The molecule has 1 aromatic carbocycles. The highest BCUT2D eigenvalue weighted by Crippen LogP contribution is 2.17. The van der Waals surface area contributed by atoms with Gasteiger partial charge in [-0.2, -0.15) is 0 Å². The van der Waals surface area contributed by atoms with Crippen LogP contribution in [-0.2, 0) is 9.84 Å². The summed E-state index contributed by atoms with van der Waals surface area (Å²) in [4.78, 5) is 0.421. The Hall–Kier alpha value is -0.540. The fraction of sp³-hybridized carbons (Fsp3) is 0.500. The van der Waals surface area contributed by atoms with Crippen molar-refractivity contribution in [2.24, 2.45) is 0 Å². The van der Waals surface area contributed by atoms with Gasteiger partial charge in [0.25, 0.3) is 0 Å². The van der Waals surface area contributed by atoms with Crippen molar-refractivity contribution in [2.45, 2.75) is 31.6 Å². The molecule has 0 aliphatic rings. The molecule has 0 N–H and O–H groups in total. The van der Waals surface area contributed by atoms with Gasteiger partial charge in [0.05, 0.1) is 10.6 Å². The number of aryl methyl sites for hydroxylation is 2. The van der Waals surface area contributed by atoms with Crippen molar-refractivity contribution in [1.82, 2.24) is 0 Å². The lowest BCUT2D eigenvalue weighted by atomic mass is 10.1. The number of sulfone groups is 1. The number of alkyl halides is 1. The molecule has 4 heteroatoms. The van der Waals surface area contributed by atoms with E-state index in [1.54, 1.807) is 12.1 Å². The fourth-order valence-electron chi connectivity index (χ4n) is 1.41. The minimum Gasteiger partial charge on any atom is -0.224 e. The summed E-state index contributed by atoms with van der Waals surface area (Å²) in [6, 6.07) is 5.27. The summed E-state index contributed by atoms with van der Waals surface area (Å²) in [5.74, 6) is 0.699. The van der Waals surface area contributed by atoms with E-state index in [2.05, 4.69) is 0 Å². The van der Waals surface area contributed by atoms with Gasteiger partial charge in [-0.1, -0.05) is 6.07 Å². The Bertz CT molecular complexity index is 452. The average Bonchev–Trinajstić information content (AvgIpc) is 2.22. The Morgan fingerprint density at radius 3 is 2.38 bits per heavy atom. The maximum Gasteiger partial charge on any atom is 0.178 e. The summed E-state index contributed by atoms with van der Waals surface area (Å²) < 4.78 is 23.9. The van der Waals surface area contributed by atoms with Crippen LogP contribution in [0.1, 0.15) is 24.0 Å². The van der Waals surface area contributed by atoms with Crippen LogP contribution in [0.3, 0.4) is 0 Å². The van der Waals surface area contributed by atoms with Gasteiger partial charge in [0, 0.05) is 5.88 Å². The average molecular weight is 261 g/mol. The Morgan fingerprint density at radius 2 is 1.81 bits per heavy atom. The molecule has 0 atom stereocenters. The molecule has 90 valence electrons. The predicted octanol–water partition coefficient (Wildman–Crippen LogP) is 3.10. The number of unbranched alkanes of at least 4 members (excludes halogenated alkanes) is 1. The molecule has 0 unspecified atom stereocenters. The highest BCUT2D eigenvalue weighted by Gasteiger charge is 2.14. The van der Waals surface area contributed by atoms with Crippen LogP contribution in [-0.4, -0.2) is 20.1 Å². The normalized spacial score (nSPS) is 11.7. The quantitative estimate of drug-likeness (QED) is 0.602. The molecule has 1 aromatic rings. The first-order valence-electron chi connectivity index (χ1n) is 5.33. The molecule has 2 nitrogen and oxygen atoms in total. The lowest BCUT2D eigenvalue weighted by Gasteiger charge is -2.06. The molecule has 0 radical (unpaired) electrons. The molecule has 1 rings (SSSR count). The highest BCUT2D eigenvalue weighted by atomic mass is 35.5. The number of halogens is 1.